The normalized spacial score (nSPS) is 12.9. The van der Waals surface area contributed by atoms with E-state index in [2.05, 4.69) is 43.5 Å². The molecule has 0 aromatic heterocycles. The number of ether oxygens (including phenoxy) is 1. The number of carbonyl (C=O) groups is 2. The molecule has 0 radical (unpaired) electrons. The molecule has 0 aliphatic rings. The fourth-order valence-corrected chi connectivity index (χ4v) is 7.80. The van der Waals surface area contributed by atoms with Crippen LogP contribution < -0.4 is 5.32 Å². The fraction of sp³-hybridized carbons (Fsp3) is 0.852. The van der Waals surface area contributed by atoms with Crippen LogP contribution in [0.1, 0.15) is 271 Å². The number of amides is 1. The van der Waals surface area contributed by atoms with Crippen LogP contribution in [0.15, 0.2) is 36.5 Å². The molecule has 0 saturated carbocycles. The van der Waals surface area contributed by atoms with Crippen molar-refractivity contribution in [3.05, 3.63) is 36.5 Å². The Bertz CT molecular complexity index is 977. The Hall–Kier alpha value is -1.92. The molecule has 0 bridgehead atoms. The van der Waals surface area contributed by atoms with Gasteiger partial charge in [-0.05, 0) is 83.5 Å². The summed E-state index contributed by atoms with van der Waals surface area (Å²) in [5.74, 6) is -0.104. The molecule has 60 heavy (non-hydrogen) atoms. The Morgan fingerprint density at radius 3 is 1.18 bits per heavy atom. The summed E-state index contributed by atoms with van der Waals surface area (Å²) in [5, 5.41) is 23.0. The highest BCUT2D eigenvalue weighted by Gasteiger charge is 2.18. The summed E-state index contributed by atoms with van der Waals surface area (Å²) in [4.78, 5) is 24.4. The van der Waals surface area contributed by atoms with Crippen molar-refractivity contribution in [3.8, 4) is 0 Å². The van der Waals surface area contributed by atoms with Crippen molar-refractivity contribution < 1.29 is 24.5 Å². The van der Waals surface area contributed by atoms with Crippen molar-refractivity contribution in [2.75, 3.05) is 13.2 Å². The number of hydrogen-bond donors (Lipinski definition) is 3. The van der Waals surface area contributed by atoms with E-state index < -0.39 is 12.1 Å². The summed E-state index contributed by atoms with van der Waals surface area (Å²) >= 11 is 0. The topological polar surface area (TPSA) is 95.9 Å². The molecule has 0 fully saturated rings. The minimum absolute atomic E-state index is 0.0198. The highest BCUT2D eigenvalue weighted by Crippen LogP contribution is 2.15. The molecule has 2 unspecified atom stereocenters. The molecule has 0 rings (SSSR count). The van der Waals surface area contributed by atoms with E-state index in [0.29, 0.717) is 19.4 Å². The van der Waals surface area contributed by atoms with E-state index in [1.807, 2.05) is 6.08 Å². The van der Waals surface area contributed by atoms with Gasteiger partial charge >= 0.3 is 5.97 Å². The maximum Gasteiger partial charge on any atom is 0.305 e. The van der Waals surface area contributed by atoms with Gasteiger partial charge < -0.3 is 20.3 Å². The van der Waals surface area contributed by atoms with Crippen LogP contribution in [-0.4, -0.2) is 47.4 Å². The SMILES string of the molecule is CCCCCCCC/C=C\CCCCCCCC(=O)OCCCCCC/C=C\CCCCCCCCCC(=O)NC(CO)C(O)/C=C/CCCCCCCCCCCCC. The van der Waals surface area contributed by atoms with Gasteiger partial charge in [-0.3, -0.25) is 9.59 Å². The first-order valence-corrected chi connectivity index (χ1v) is 26.3. The first kappa shape index (κ1) is 58.1. The van der Waals surface area contributed by atoms with Crippen LogP contribution in [0.3, 0.4) is 0 Å². The van der Waals surface area contributed by atoms with E-state index >= 15 is 0 Å². The van der Waals surface area contributed by atoms with Gasteiger partial charge in [0.05, 0.1) is 25.4 Å². The monoisotopic (exact) mass is 844 g/mol. The summed E-state index contributed by atoms with van der Waals surface area (Å²) in [6.45, 7) is 4.85. The quantitative estimate of drug-likeness (QED) is 0.0322. The van der Waals surface area contributed by atoms with E-state index in [9.17, 15) is 19.8 Å². The first-order valence-electron chi connectivity index (χ1n) is 26.3. The first-order chi connectivity index (χ1) is 29.5. The molecular weight excluding hydrogens is 743 g/mol. The van der Waals surface area contributed by atoms with Gasteiger partial charge in [0, 0.05) is 12.8 Å². The van der Waals surface area contributed by atoms with Crippen molar-refractivity contribution >= 4 is 11.9 Å². The van der Waals surface area contributed by atoms with Crippen LogP contribution in [0.4, 0.5) is 0 Å². The number of nitrogens with one attached hydrogen (secondary N) is 1. The van der Waals surface area contributed by atoms with Crippen molar-refractivity contribution in [3.63, 3.8) is 0 Å². The van der Waals surface area contributed by atoms with Crippen molar-refractivity contribution in [1.29, 1.82) is 0 Å². The van der Waals surface area contributed by atoms with Gasteiger partial charge in [-0.2, -0.15) is 0 Å². The van der Waals surface area contributed by atoms with E-state index in [1.165, 1.54) is 173 Å². The third-order valence-corrected chi connectivity index (χ3v) is 11.9. The lowest BCUT2D eigenvalue weighted by atomic mass is 10.0. The third-order valence-electron chi connectivity index (χ3n) is 11.9. The Labute approximate surface area is 373 Å². The molecule has 352 valence electrons. The molecule has 1 amide bonds. The summed E-state index contributed by atoms with van der Waals surface area (Å²) < 4.78 is 5.45. The highest BCUT2D eigenvalue weighted by atomic mass is 16.5. The molecule has 0 saturated heterocycles. The Morgan fingerprint density at radius 2 is 0.783 bits per heavy atom. The Balaban J connectivity index is 3.51. The van der Waals surface area contributed by atoms with Crippen LogP contribution in [0, 0.1) is 0 Å². The molecule has 6 nitrogen and oxygen atoms in total. The average Bonchev–Trinajstić information content (AvgIpc) is 3.25. The molecule has 6 heteroatoms. The van der Waals surface area contributed by atoms with Crippen LogP contribution in [0.25, 0.3) is 0 Å². The number of rotatable bonds is 48. The molecule has 0 aromatic carbocycles. The second-order valence-electron chi connectivity index (χ2n) is 17.8. The largest absolute Gasteiger partial charge is 0.466 e. The second kappa shape index (κ2) is 49.7. The van der Waals surface area contributed by atoms with Gasteiger partial charge in [-0.25, -0.2) is 0 Å². The molecule has 0 spiro atoms. The molecule has 0 heterocycles. The zero-order valence-electron chi connectivity index (χ0n) is 39.9. The van der Waals surface area contributed by atoms with E-state index in [4.69, 9.17) is 4.74 Å². The lowest BCUT2D eigenvalue weighted by Gasteiger charge is -2.20. The molecule has 3 N–H and O–H groups in total. The number of carbonyl (C=O) groups excluding carboxylic acids is 2. The lowest BCUT2D eigenvalue weighted by Crippen LogP contribution is -2.45. The Morgan fingerprint density at radius 1 is 0.450 bits per heavy atom. The maximum absolute atomic E-state index is 12.4. The van der Waals surface area contributed by atoms with Crippen molar-refractivity contribution in [1.82, 2.24) is 5.32 Å². The van der Waals surface area contributed by atoms with Gasteiger partial charge in [0.2, 0.25) is 5.91 Å². The molecular formula is C54H101NO5. The van der Waals surface area contributed by atoms with E-state index in [1.54, 1.807) is 6.08 Å². The standard InChI is InChI=1S/C54H101NO5/c1-3-5-7-9-11-13-15-17-19-24-28-32-36-40-44-48-54(59)60-49-45-41-37-33-29-25-21-18-20-23-27-31-35-39-43-47-53(58)55-51(50-56)52(57)46-42-38-34-30-26-22-16-14-12-10-8-6-4-2/h17,19,21,25,42,46,51-52,56-57H,3-16,18,20,22-24,26-41,43-45,47-50H2,1-2H3,(H,55,58)/b19-17-,25-21-,46-42+. The van der Waals surface area contributed by atoms with Crippen LogP contribution >= 0.6 is 0 Å². The van der Waals surface area contributed by atoms with Gasteiger partial charge in [0.15, 0.2) is 0 Å². The summed E-state index contributed by atoms with van der Waals surface area (Å²) in [7, 11) is 0. The molecule has 0 aliphatic carbocycles. The number of esters is 1. The maximum atomic E-state index is 12.4. The lowest BCUT2D eigenvalue weighted by molar-refractivity contribution is -0.143. The molecule has 0 aliphatic heterocycles. The van der Waals surface area contributed by atoms with Gasteiger partial charge in [-0.15, -0.1) is 0 Å². The van der Waals surface area contributed by atoms with Gasteiger partial charge in [0.1, 0.15) is 0 Å². The number of hydrogen-bond acceptors (Lipinski definition) is 5. The van der Waals surface area contributed by atoms with Crippen molar-refractivity contribution in [2.24, 2.45) is 0 Å². The number of unbranched alkanes of at least 4 members (excludes halogenated alkanes) is 33. The number of allylic oxidation sites excluding steroid dienone is 5. The van der Waals surface area contributed by atoms with Gasteiger partial charge in [-0.1, -0.05) is 211 Å². The smallest absolute Gasteiger partial charge is 0.305 e. The average molecular weight is 844 g/mol. The second-order valence-corrected chi connectivity index (χ2v) is 17.8. The zero-order valence-corrected chi connectivity index (χ0v) is 39.9. The zero-order chi connectivity index (χ0) is 43.7. The molecule has 2 atom stereocenters. The summed E-state index contributed by atoms with van der Waals surface area (Å²) in [5.41, 5.74) is 0. The minimum atomic E-state index is -0.854. The highest BCUT2D eigenvalue weighted by molar-refractivity contribution is 5.76. The van der Waals surface area contributed by atoms with Crippen LogP contribution in [0.5, 0.6) is 0 Å². The minimum Gasteiger partial charge on any atom is -0.466 e. The summed E-state index contributed by atoms with van der Waals surface area (Å²) in [6.07, 6.45) is 60.0. The number of aliphatic hydroxyl groups excluding tert-OH is 2. The van der Waals surface area contributed by atoms with Crippen LogP contribution in [-0.2, 0) is 14.3 Å². The fourth-order valence-electron chi connectivity index (χ4n) is 7.80. The Kier molecular flexibility index (Phi) is 48.1. The van der Waals surface area contributed by atoms with E-state index in [0.717, 1.165) is 70.6 Å². The predicted octanol–water partition coefficient (Wildman–Crippen LogP) is 15.7. The molecule has 0 aromatic rings. The van der Waals surface area contributed by atoms with E-state index in [-0.39, 0.29) is 18.5 Å². The van der Waals surface area contributed by atoms with Gasteiger partial charge in [0.25, 0.3) is 0 Å². The van der Waals surface area contributed by atoms with Crippen LogP contribution in [0.2, 0.25) is 0 Å². The predicted molar refractivity (Wildman–Crippen MR) is 259 cm³/mol. The summed E-state index contributed by atoms with van der Waals surface area (Å²) in [6, 6.07) is -0.639. The third kappa shape index (κ3) is 45.6. The van der Waals surface area contributed by atoms with Crippen molar-refractivity contribution in [2.45, 2.75) is 283 Å². The number of aliphatic hydroxyl groups is 2.